The van der Waals surface area contributed by atoms with Crippen molar-refractivity contribution in [1.82, 2.24) is 5.32 Å². The molecule has 0 radical (unpaired) electrons. The number of carbonyl (C=O) groups is 1. The van der Waals surface area contributed by atoms with Gasteiger partial charge in [-0.15, -0.1) is 0 Å². The molecule has 0 fully saturated rings. The van der Waals surface area contributed by atoms with Gasteiger partial charge in [-0.25, -0.2) is 8.42 Å². The minimum Gasteiger partial charge on any atom is -0.346 e. The van der Waals surface area contributed by atoms with E-state index in [1.807, 2.05) is 19.1 Å². The number of aryl methyl sites for hydroxylation is 1. The first-order valence-corrected chi connectivity index (χ1v) is 9.40. The minimum absolute atomic E-state index is 0.122. The Kier molecular flexibility index (Phi) is 5.21. The number of hydrogen-bond acceptors (Lipinski definition) is 3. The van der Waals surface area contributed by atoms with Crippen molar-refractivity contribution in [2.24, 2.45) is 0 Å². The van der Waals surface area contributed by atoms with Gasteiger partial charge < -0.3 is 5.32 Å². The fourth-order valence-corrected chi connectivity index (χ4v) is 2.89. The van der Waals surface area contributed by atoms with E-state index in [0.29, 0.717) is 5.56 Å². The van der Waals surface area contributed by atoms with Gasteiger partial charge in [-0.1, -0.05) is 31.2 Å². The van der Waals surface area contributed by atoms with Crippen LogP contribution in [0.25, 0.3) is 0 Å². The van der Waals surface area contributed by atoms with Crippen LogP contribution in [0.2, 0.25) is 0 Å². The van der Waals surface area contributed by atoms with Crippen molar-refractivity contribution in [1.29, 1.82) is 0 Å². The molecule has 0 aliphatic carbocycles. The molecule has 4 nitrogen and oxygen atoms in total. The summed E-state index contributed by atoms with van der Waals surface area (Å²) in [5, 5.41) is 2.92. The molecule has 0 aromatic heterocycles. The van der Waals surface area contributed by atoms with Gasteiger partial charge in [-0.2, -0.15) is 0 Å². The number of nitrogens with one attached hydrogen (secondary N) is 1. The Morgan fingerprint density at radius 3 is 2.09 bits per heavy atom. The van der Waals surface area contributed by atoms with Crippen LogP contribution in [0.1, 0.15) is 41.4 Å². The van der Waals surface area contributed by atoms with E-state index in [1.54, 1.807) is 0 Å². The van der Waals surface area contributed by atoms with E-state index in [1.165, 1.54) is 29.8 Å². The molecule has 0 heterocycles. The van der Waals surface area contributed by atoms with Gasteiger partial charge >= 0.3 is 0 Å². The summed E-state index contributed by atoms with van der Waals surface area (Å²) in [7, 11) is -3.25. The van der Waals surface area contributed by atoms with Crippen LogP contribution in [0.5, 0.6) is 0 Å². The largest absolute Gasteiger partial charge is 0.346 e. The predicted molar refractivity (Wildman–Crippen MR) is 91.3 cm³/mol. The molecule has 23 heavy (non-hydrogen) atoms. The third kappa shape index (κ3) is 4.42. The second-order valence-electron chi connectivity index (χ2n) is 5.59. The van der Waals surface area contributed by atoms with Gasteiger partial charge in [0.25, 0.3) is 5.91 Å². The first kappa shape index (κ1) is 17.2. The average Bonchev–Trinajstić information content (AvgIpc) is 2.54. The molecule has 0 saturated carbocycles. The van der Waals surface area contributed by atoms with Gasteiger partial charge in [-0.3, -0.25) is 4.79 Å². The van der Waals surface area contributed by atoms with Crippen LogP contribution in [-0.4, -0.2) is 20.6 Å². The monoisotopic (exact) mass is 331 g/mol. The fourth-order valence-electron chi connectivity index (χ4n) is 2.26. The zero-order valence-corrected chi connectivity index (χ0v) is 14.4. The number of benzene rings is 2. The summed E-state index contributed by atoms with van der Waals surface area (Å²) in [6.45, 7) is 4.02. The maximum Gasteiger partial charge on any atom is 0.251 e. The van der Waals surface area contributed by atoms with Gasteiger partial charge in [0.1, 0.15) is 0 Å². The second kappa shape index (κ2) is 6.96. The first-order valence-electron chi connectivity index (χ1n) is 7.51. The Labute approximate surface area is 137 Å². The lowest BCUT2D eigenvalue weighted by Crippen LogP contribution is -2.26. The highest BCUT2D eigenvalue weighted by molar-refractivity contribution is 7.90. The molecule has 0 bridgehead atoms. The van der Waals surface area contributed by atoms with Gasteiger partial charge in [0.05, 0.1) is 10.9 Å². The van der Waals surface area contributed by atoms with Gasteiger partial charge in [0.15, 0.2) is 9.84 Å². The summed E-state index contributed by atoms with van der Waals surface area (Å²) in [5.41, 5.74) is 2.72. The molecule has 2 aromatic carbocycles. The van der Waals surface area contributed by atoms with Gasteiger partial charge in [0.2, 0.25) is 0 Å². The third-order valence-electron chi connectivity index (χ3n) is 3.78. The summed E-state index contributed by atoms with van der Waals surface area (Å²) < 4.78 is 22.9. The van der Waals surface area contributed by atoms with E-state index in [4.69, 9.17) is 0 Å². The maximum absolute atomic E-state index is 12.3. The minimum atomic E-state index is -3.25. The highest BCUT2D eigenvalue weighted by Crippen LogP contribution is 2.15. The van der Waals surface area contributed by atoms with Crippen molar-refractivity contribution in [3.05, 3.63) is 65.2 Å². The Morgan fingerprint density at radius 2 is 1.61 bits per heavy atom. The van der Waals surface area contributed by atoms with Gasteiger partial charge in [0, 0.05) is 11.8 Å². The van der Waals surface area contributed by atoms with Crippen LogP contribution >= 0.6 is 0 Å². The molecule has 0 spiro atoms. The summed E-state index contributed by atoms with van der Waals surface area (Å²) in [5.74, 6) is -0.225. The molecule has 1 atom stereocenters. The van der Waals surface area contributed by atoms with E-state index in [2.05, 4.69) is 24.4 Å². The lowest BCUT2D eigenvalue weighted by Gasteiger charge is -2.15. The lowest BCUT2D eigenvalue weighted by molar-refractivity contribution is 0.0940. The lowest BCUT2D eigenvalue weighted by atomic mass is 10.0. The van der Waals surface area contributed by atoms with Gasteiger partial charge in [-0.05, 0) is 48.7 Å². The molecule has 5 heteroatoms. The second-order valence-corrected chi connectivity index (χ2v) is 7.60. The molecule has 1 unspecified atom stereocenters. The number of sulfone groups is 1. The zero-order valence-electron chi connectivity index (χ0n) is 13.5. The highest BCUT2D eigenvalue weighted by atomic mass is 32.2. The van der Waals surface area contributed by atoms with E-state index >= 15 is 0 Å². The molecular formula is C18H21NO3S. The molecule has 1 amide bonds. The van der Waals surface area contributed by atoms with Crippen LogP contribution in [0.3, 0.4) is 0 Å². The van der Waals surface area contributed by atoms with Crippen molar-refractivity contribution >= 4 is 15.7 Å². The standard InChI is InChI=1S/C18H21NO3S/c1-4-14-5-7-15(8-6-14)13(2)19-18(20)16-9-11-17(12-10-16)23(3,21)22/h5-13H,4H2,1-3H3,(H,19,20). The fraction of sp³-hybridized carbons (Fsp3) is 0.278. The molecule has 2 rings (SSSR count). The molecule has 1 N–H and O–H groups in total. The molecule has 122 valence electrons. The Hall–Kier alpha value is -2.14. The van der Waals surface area contributed by atoms with Crippen LogP contribution in [0.4, 0.5) is 0 Å². The molecular weight excluding hydrogens is 310 g/mol. The van der Waals surface area contributed by atoms with E-state index in [9.17, 15) is 13.2 Å². The number of carbonyl (C=O) groups excluding carboxylic acids is 1. The Balaban J connectivity index is 2.08. The molecule has 0 aliphatic heterocycles. The predicted octanol–water partition coefficient (Wildman–Crippen LogP) is 3.14. The van der Waals surface area contributed by atoms with Crippen molar-refractivity contribution in [3.8, 4) is 0 Å². The molecule has 0 saturated heterocycles. The van der Waals surface area contributed by atoms with E-state index in [0.717, 1.165) is 18.2 Å². The Morgan fingerprint density at radius 1 is 1.04 bits per heavy atom. The Bertz CT molecular complexity index is 778. The van der Waals surface area contributed by atoms with Crippen molar-refractivity contribution < 1.29 is 13.2 Å². The number of hydrogen-bond donors (Lipinski definition) is 1. The summed E-state index contributed by atoms with van der Waals surface area (Å²) in [4.78, 5) is 12.5. The number of rotatable bonds is 5. The highest BCUT2D eigenvalue weighted by Gasteiger charge is 2.13. The average molecular weight is 331 g/mol. The summed E-state index contributed by atoms with van der Waals surface area (Å²) >= 11 is 0. The van der Waals surface area contributed by atoms with Crippen LogP contribution in [-0.2, 0) is 16.3 Å². The van der Waals surface area contributed by atoms with E-state index in [-0.39, 0.29) is 16.8 Å². The van der Waals surface area contributed by atoms with Crippen LogP contribution in [0, 0.1) is 0 Å². The number of amides is 1. The normalized spacial score (nSPS) is 12.7. The third-order valence-corrected chi connectivity index (χ3v) is 4.91. The quantitative estimate of drug-likeness (QED) is 0.915. The SMILES string of the molecule is CCc1ccc(C(C)NC(=O)c2ccc(S(C)(=O)=O)cc2)cc1. The molecule has 2 aromatic rings. The summed E-state index contributed by atoms with van der Waals surface area (Å²) in [6.07, 6.45) is 2.12. The summed E-state index contributed by atoms with van der Waals surface area (Å²) in [6, 6.07) is 14.0. The first-order chi connectivity index (χ1) is 10.8. The zero-order chi connectivity index (χ0) is 17.0. The van der Waals surface area contributed by atoms with E-state index < -0.39 is 9.84 Å². The molecule has 0 aliphatic rings. The van der Waals surface area contributed by atoms with Crippen molar-refractivity contribution in [3.63, 3.8) is 0 Å². The smallest absolute Gasteiger partial charge is 0.251 e. The van der Waals surface area contributed by atoms with Crippen molar-refractivity contribution in [2.75, 3.05) is 6.26 Å². The van der Waals surface area contributed by atoms with Crippen LogP contribution < -0.4 is 5.32 Å². The van der Waals surface area contributed by atoms with Crippen molar-refractivity contribution in [2.45, 2.75) is 31.2 Å². The topological polar surface area (TPSA) is 63.2 Å². The maximum atomic E-state index is 12.3. The van der Waals surface area contributed by atoms with Crippen LogP contribution in [0.15, 0.2) is 53.4 Å².